The molecule has 0 aromatic heterocycles. The molecule has 34 heavy (non-hydrogen) atoms. The Balaban J connectivity index is 1.33. The summed E-state index contributed by atoms with van der Waals surface area (Å²) in [6, 6.07) is 15.1. The van der Waals surface area contributed by atoms with Crippen molar-refractivity contribution in [3.05, 3.63) is 59.7 Å². The third-order valence-corrected chi connectivity index (χ3v) is 6.70. The number of fused-ring (bicyclic) bond motifs is 3. The summed E-state index contributed by atoms with van der Waals surface area (Å²) >= 11 is 0. The number of alkyl carbamates (subject to hydrolysis) is 1. The number of carboxylic acid groups (broad SMARTS) is 1. The highest BCUT2D eigenvalue weighted by Gasteiger charge is 2.31. The summed E-state index contributed by atoms with van der Waals surface area (Å²) in [5.74, 6) is 0.796. The first-order chi connectivity index (χ1) is 16.5. The van der Waals surface area contributed by atoms with E-state index in [9.17, 15) is 14.4 Å². The van der Waals surface area contributed by atoms with Crippen LogP contribution in [0.25, 0.3) is 11.1 Å². The predicted molar refractivity (Wildman–Crippen MR) is 127 cm³/mol. The van der Waals surface area contributed by atoms with Crippen LogP contribution in [0.3, 0.4) is 0 Å². The maximum Gasteiger partial charge on any atom is 0.407 e. The summed E-state index contributed by atoms with van der Waals surface area (Å²) in [5, 5.41) is 14.6. The van der Waals surface area contributed by atoms with Gasteiger partial charge in [-0.1, -0.05) is 48.5 Å². The van der Waals surface area contributed by atoms with Crippen molar-refractivity contribution in [3.8, 4) is 23.5 Å². The highest BCUT2D eigenvalue weighted by atomic mass is 16.5. The van der Waals surface area contributed by atoms with E-state index < -0.39 is 18.1 Å². The third kappa shape index (κ3) is 5.07. The largest absolute Gasteiger partial charge is 0.481 e. The van der Waals surface area contributed by atoms with E-state index in [-0.39, 0.29) is 36.8 Å². The Hall–Kier alpha value is -3.79. The monoisotopic (exact) mass is 460 g/mol. The van der Waals surface area contributed by atoms with Gasteiger partial charge >= 0.3 is 12.1 Å². The highest BCUT2D eigenvalue weighted by Crippen LogP contribution is 2.44. The van der Waals surface area contributed by atoms with E-state index in [2.05, 4.69) is 28.7 Å². The maximum atomic E-state index is 12.7. The zero-order valence-electron chi connectivity index (χ0n) is 18.8. The maximum absolute atomic E-state index is 12.7. The number of nitrogens with one attached hydrogen (secondary N) is 2. The molecule has 0 bridgehead atoms. The molecule has 2 aromatic rings. The molecule has 2 aliphatic rings. The van der Waals surface area contributed by atoms with Gasteiger partial charge in [-0.3, -0.25) is 9.59 Å². The van der Waals surface area contributed by atoms with Crippen molar-refractivity contribution in [2.75, 3.05) is 6.61 Å². The topological polar surface area (TPSA) is 105 Å². The first kappa shape index (κ1) is 23.4. The zero-order valence-corrected chi connectivity index (χ0v) is 18.8. The smallest absolute Gasteiger partial charge is 0.407 e. The molecule has 2 aromatic carbocycles. The van der Waals surface area contributed by atoms with E-state index in [0.29, 0.717) is 25.7 Å². The minimum absolute atomic E-state index is 0.0283. The van der Waals surface area contributed by atoms with E-state index in [1.54, 1.807) is 0 Å². The molecule has 0 radical (unpaired) electrons. The van der Waals surface area contributed by atoms with Gasteiger partial charge in [-0.15, -0.1) is 12.3 Å². The molecular weight excluding hydrogens is 432 g/mol. The van der Waals surface area contributed by atoms with Gasteiger partial charge in [-0.25, -0.2) is 4.79 Å². The summed E-state index contributed by atoms with van der Waals surface area (Å²) in [7, 11) is 0. The second-order valence-electron chi connectivity index (χ2n) is 8.83. The Labute approximate surface area is 198 Å². The van der Waals surface area contributed by atoms with Crippen LogP contribution in [0.5, 0.6) is 0 Å². The molecule has 1 fully saturated rings. The number of carbonyl (C=O) groups is 3. The van der Waals surface area contributed by atoms with Gasteiger partial charge in [-0.05, 0) is 47.9 Å². The first-order valence-corrected chi connectivity index (χ1v) is 11.6. The zero-order chi connectivity index (χ0) is 24.1. The number of ether oxygens (including phenoxy) is 1. The Morgan fingerprint density at radius 3 is 2.15 bits per heavy atom. The Morgan fingerprint density at radius 1 is 1.00 bits per heavy atom. The number of rotatable bonds is 7. The van der Waals surface area contributed by atoms with Crippen LogP contribution in [0.4, 0.5) is 4.79 Å². The normalized spacial score (nSPS) is 19.7. The quantitative estimate of drug-likeness (QED) is 0.547. The van der Waals surface area contributed by atoms with Crippen LogP contribution in [-0.2, 0) is 14.3 Å². The molecule has 1 atom stereocenters. The molecule has 0 aliphatic heterocycles. The summed E-state index contributed by atoms with van der Waals surface area (Å²) in [6.07, 6.45) is 6.93. The van der Waals surface area contributed by atoms with Crippen molar-refractivity contribution in [3.63, 3.8) is 0 Å². The average molecular weight is 461 g/mol. The van der Waals surface area contributed by atoms with Gasteiger partial charge in [0.05, 0.1) is 5.92 Å². The molecule has 176 valence electrons. The molecule has 3 N–H and O–H groups in total. The fourth-order valence-corrected chi connectivity index (χ4v) is 4.90. The van der Waals surface area contributed by atoms with Gasteiger partial charge in [-0.2, -0.15) is 0 Å². The number of benzene rings is 2. The van der Waals surface area contributed by atoms with Crippen molar-refractivity contribution >= 4 is 18.0 Å². The molecule has 7 nitrogen and oxygen atoms in total. The number of carbonyl (C=O) groups excluding carboxylic acids is 2. The summed E-state index contributed by atoms with van der Waals surface area (Å²) in [4.78, 5) is 36.4. The van der Waals surface area contributed by atoms with Crippen LogP contribution in [-0.4, -0.2) is 41.8 Å². The molecule has 7 heteroatoms. The molecule has 2 amide bonds. The van der Waals surface area contributed by atoms with Crippen LogP contribution in [0, 0.1) is 18.3 Å². The van der Waals surface area contributed by atoms with E-state index in [0.717, 1.165) is 22.3 Å². The van der Waals surface area contributed by atoms with Gasteiger partial charge in [0.1, 0.15) is 12.6 Å². The number of aliphatic carboxylic acids is 1. The molecule has 1 unspecified atom stereocenters. The second kappa shape index (κ2) is 10.4. The van der Waals surface area contributed by atoms with Crippen LogP contribution in [0.2, 0.25) is 0 Å². The lowest BCUT2D eigenvalue weighted by molar-refractivity contribution is -0.142. The first-order valence-electron chi connectivity index (χ1n) is 11.6. The van der Waals surface area contributed by atoms with Crippen LogP contribution < -0.4 is 10.6 Å². The molecule has 0 heterocycles. The molecule has 2 aliphatic carbocycles. The Kier molecular flexibility index (Phi) is 7.17. The number of hydrogen-bond acceptors (Lipinski definition) is 4. The third-order valence-electron chi connectivity index (χ3n) is 6.70. The van der Waals surface area contributed by atoms with Crippen molar-refractivity contribution in [2.24, 2.45) is 5.92 Å². The molecular formula is C27H28N2O5. The Morgan fingerprint density at radius 2 is 1.59 bits per heavy atom. The average Bonchev–Trinajstić information content (AvgIpc) is 3.16. The molecule has 0 spiro atoms. The van der Waals surface area contributed by atoms with E-state index in [4.69, 9.17) is 16.3 Å². The van der Waals surface area contributed by atoms with Gasteiger partial charge in [0.25, 0.3) is 0 Å². The van der Waals surface area contributed by atoms with Gasteiger partial charge in [0.15, 0.2) is 0 Å². The fraction of sp³-hybridized carbons (Fsp3) is 0.370. The minimum Gasteiger partial charge on any atom is -0.481 e. The molecule has 1 saturated carbocycles. The lowest BCUT2D eigenvalue weighted by Gasteiger charge is -2.28. The summed E-state index contributed by atoms with van der Waals surface area (Å²) < 4.78 is 5.53. The van der Waals surface area contributed by atoms with Gasteiger partial charge in [0, 0.05) is 18.4 Å². The minimum atomic E-state index is -0.919. The van der Waals surface area contributed by atoms with Crippen molar-refractivity contribution in [2.45, 2.75) is 50.1 Å². The Bertz CT molecular complexity index is 1070. The van der Waals surface area contributed by atoms with Crippen LogP contribution in [0.15, 0.2) is 48.5 Å². The summed E-state index contributed by atoms with van der Waals surface area (Å²) in [5.41, 5.74) is 4.47. The van der Waals surface area contributed by atoms with Crippen LogP contribution in [0.1, 0.15) is 49.1 Å². The molecule has 0 saturated heterocycles. The van der Waals surface area contributed by atoms with Gasteiger partial charge < -0.3 is 20.5 Å². The molecule has 4 rings (SSSR count). The lowest BCUT2D eigenvalue weighted by atomic mass is 9.86. The van der Waals surface area contributed by atoms with E-state index in [1.165, 1.54) is 0 Å². The van der Waals surface area contributed by atoms with E-state index >= 15 is 0 Å². The number of terminal acetylenes is 1. The number of carboxylic acids is 1. The standard InChI is InChI=1S/C27H28N2O5/c1-2-7-24(25(30)28-18-14-12-17(13-15-18)26(31)32)29-27(33)34-16-23-21-10-5-3-8-19(21)20-9-4-6-11-22(20)23/h1,3-6,8-11,17-18,23-24H,7,12-16H2,(H,28,30)(H,29,33)(H,31,32). The highest BCUT2D eigenvalue weighted by molar-refractivity contribution is 5.86. The van der Waals surface area contributed by atoms with Crippen molar-refractivity contribution in [1.29, 1.82) is 0 Å². The number of hydrogen-bond donors (Lipinski definition) is 3. The summed E-state index contributed by atoms with van der Waals surface area (Å²) in [6.45, 7) is 0.142. The second-order valence-corrected chi connectivity index (χ2v) is 8.83. The lowest BCUT2D eigenvalue weighted by Crippen LogP contribution is -2.50. The van der Waals surface area contributed by atoms with E-state index in [1.807, 2.05) is 36.4 Å². The number of amides is 2. The van der Waals surface area contributed by atoms with Crippen molar-refractivity contribution < 1.29 is 24.2 Å². The SMILES string of the molecule is C#CCC(NC(=O)OCC1c2ccccc2-c2ccccc21)C(=O)NC1CCC(C(=O)O)CC1. The predicted octanol–water partition coefficient (Wildman–Crippen LogP) is 3.68. The van der Waals surface area contributed by atoms with Crippen molar-refractivity contribution in [1.82, 2.24) is 10.6 Å². The van der Waals surface area contributed by atoms with Crippen LogP contribution >= 0.6 is 0 Å². The van der Waals surface area contributed by atoms with Gasteiger partial charge in [0.2, 0.25) is 5.91 Å². The fourth-order valence-electron chi connectivity index (χ4n) is 4.90.